The minimum atomic E-state index is -0.235. The summed E-state index contributed by atoms with van der Waals surface area (Å²) in [5.74, 6) is -0.235. The lowest BCUT2D eigenvalue weighted by atomic mass is 10.1. The molecule has 4 aromatic carbocycles. The van der Waals surface area contributed by atoms with Gasteiger partial charge in [-0.2, -0.15) is 5.10 Å². The first-order valence-electron chi connectivity index (χ1n) is 9.77. The zero-order valence-electron chi connectivity index (χ0n) is 16.2. The SMILES string of the molecule is O=C(N/N=C/c1cccn1-c1ccc2ccccc2c1)c1ccc2ccccc2c1. The molecule has 30 heavy (non-hydrogen) atoms. The Hall–Kier alpha value is -4.18. The van der Waals surface area contributed by atoms with Crippen molar-refractivity contribution in [3.05, 3.63) is 115 Å². The molecule has 0 unspecified atom stereocenters. The quantitative estimate of drug-likeness (QED) is 0.318. The van der Waals surface area contributed by atoms with Gasteiger partial charge in [0.15, 0.2) is 0 Å². The van der Waals surface area contributed by atoms with Gasteiger partial charge in [-0.05, 0) is 57.9 Å². The van der Waals surface area contributed by atoms with Crippen molar-refractivity contribution in [1.29, 1.82) is 0 Å². The molecule has 144 valence electrons. The van der Waals surface area contributed by atoms with Gasteiger partial charge in [-0.15, -0.1) is 0 Å². The number of benzene rings is 4. The van der Waals surface area contributed by atoms with Crippen LogP contribution in [-0.4, -0.2) is 16.7 Å². The number of hydrazone groups is 1. The Morgan fingerprint density at radius 3 is 2.17 bits per heavy atom. The average molecular weight is 389 g/mol. The van der Waals surface area contributed by atoms with Gasteiger partial charge in [0.25, 0.3) is 5.91 Å². The Morgan fingerprint density at radius 2 is 1.40 bits per heavy atom. The van der Waals surface area contributed by atoms with Crippen LogP contribution in [0.15, 0.2) is 108 Å². The highest BCUT2D eigenvalue weighted by atomic mass is 16.2. The molecule has 1 N–H and O–H groups in total. The molecule has 0 spiro atoms. The number of carbonyl (C=O) groups excluding carboxylic acids is 1. The fraction of sp³-hybridized carbons (Fsp3) is 0. The standard InChI is InChI=1S/C26H19N3O/c30-26(23-12-11-19-6-1-3-8-21(19)16-23)28-27-18-25-10-5-15-29(25)24-14-13-20-7-2-4-9-22(20)17-24/h1-18H,(H,28,30)/b27-18+. The molecule has 1 aromatic heterocycles. The van der Waals surface area contributed by atoms with E-state index in [0.29, 0.717) is 5.56 Å². The van der Waals surface area contributed by atoms with Crippen LogP contribution in [0.25, 0.3) is 27.2 Å². The zero-order valence-corrected chi connectivity index (χ0v) is 16.2. The van der Waals surface area contributed by atoms with E-state index < -0.39 is 0 Å². The largest absolute Gasteiger partial charge is 0.316 e. The first-order valence-corrected chi connectivity index (χ1v) is 9.77. The van der Waals surface area contributed by atoms with Gasteiger partial charge in [-0.1, -0.05) is 60.7 Å². The van der Waals surface area contributed by atoms with Crippen molar-refractivity contribution in [2.75, 3.05) is 0 Å². The van der Waals surface area contributed by atoms with E-state index >= 15 is 0 Å². The molecular weight excluding hydrogens is 370 g/mol. The molecule has 4 heteroatoms. The van der Waals surface area contributed by atoms with Crippen LogP contribution < -0.4 is 5.43 Å². The van der Waals surface area contributed by atoms with Crippen molar-refractivity contribution >= 4 is 33.7 Å². The molecule has 4 nitrogen and oxygen atoms in total. The Labute approximate surface area is 174 Å². The molecule has 0 aliphatic rings. The molecule has 0 saturated heterocycles. The molecular formula is C26H19N3O. The second-order valence-corrected chi connectivity index (χ2v) is 7.10. The minimum absolute atomic E-state index is 0.235. The number of nitrogens with zero attached hydrogens (tertiary/aromatic N) is 2. The van der Waals surface area contributed by atoms with E-state index in [1.165, 1.54) is 10.8 Å². The molecule has 0 aliphatic carbocycles. The van der Waals surface area contributed by atoms with E-state index in [0.717, 1.165) is 22.2 Å². The molecule has 0 saturated carbocycles. The number of hydrogen-bond donors (Lipinski definition) is 1. The third-order valence-corrected chi connectivity index (χ3v) is 5.17. The maximum Gasteiger partial charge on any atom is 0.271 e. The van der Waals surface area contributed by atoms with E-state index in [2.05, 4.69) is 40.9 Å². The molecule has 5 aromatic rings. The predicted octanol–water partition coefficient (Wildman–Crippen LogP) is 5.55. The summed E-state index contributed by atoms with van der Waals surface area (Å²) in [7, 11) is 0. The van der Waals surface area contributed by atoms with Crippen molar-refractivity contribution in [3.8, 4) is 5.69 Å². The van der Waals surface area contributed by atoms with Crippen molar-refractivity contribution in [1.82, 2.24) is 9.99 Å². The average Bonchev–Trinajstić information content (AvgIpc) is 3.27. The van der Waals surface area contributed by atoms with Crippen molar-refractivity contribution in [2.45, 2.75) is 0 Å². The van der Waals surface area contributed by atoms with Crippen LogP contribution in [0.4, 0.5) is 0 Å². The van der Waals surface area contributed by atoms with Crippen molar-refractivity contribution in [3.63, 3.8) is 0 Å². The number of carbonyl (C=O) groups is 1. The number of fused-ring (bicyclic) bond motifs is 2. The smallest absolute Gasteiger partial charge is 0.271 e. The third kappa shape index (κ3) is 3.47. The summed E-state index contributed by atoms with van der Waals surface area (Å²) in [5.41, 5.74) is 5.13. The molecule has 0 bridgehead atoms. The van der Waals surface area contributed by atoms with E-state index in [-0.39, 0.29) is 5.91 Å². The molecule has 5 rings (SSSR count). The van der Waals surface area contributed by atoms with Crippen molar-refractivity contribution < 1.29 is 4.79 Å². The molecule has 1 heterocycles. The summed E-state index contributed by atoms with van der Waals surface area (Å²) in [4.78, 5) is 12.5. The lowest BCUT2D eigenvalue weighted by Gasteiger charge is -2.08. The van der Waals surface area contributed by atoms with Crippen molar-refractivity contribution in [2.24, 2.45) is 5.10 Å². The molecule has 0 atom stereocenters. The van der Waals surface area contributed by atoms with Crippen LogP contribution >= 0.6 is 0 Å². The van der Waals surface area contributed by atoms with Crippen LogP contribution in [0.5, 0.6) is 0 Å². The van der Waals surface area contributed by atoms with Gasteiger partial charge >= 0.3 is 0 Å². The van der Waals surface area contributed by atoms with Crippen LogP contribution in [0.1, 0.15) is 16.1 Å². The van der Waals surface area contributed by atoms with E-state index in [4.69, 9.17) is 0 Å². The Kier molecular flexibility index (Phi) is 4.58. The Balaban J connectivity index is 1.35. The summed E-state index contributed by atoms with van der Waals surface area (Å²) in [6.07, 6.45) is 3.64. The van der Waals surface area contributed by atoms with Gasteiger partial charge in [-0.3, -0.25) is 4.79 Å². The monoisotopic (exact) mass is 389 g/mol. The second kappa shape index (κ2) is 7.68. The van der Waals surface area contributed by atoms with Crippen LogP contribution in [-0.2, 0) is 0 Å². The zero-order chi connectivity index (χ0) is 20.3. The van der Waals surface area contributed by atoms with E-state index in [1.807, 2.05) is 77.5 Å². The van der Waals surface area contributed by atoms with Gasteiger partial charge in [0, 0.05) is 17.4 Å². The molecule has 0 aliphatic heterocycles. The predicted molar refractivity (Wildman–Crippen MR) is 122 cm³/mol. The lowest BCUT2D eigenvalue weighted by molar-refractivity contribution is 0.0955. The summed E-state index contributed by atoms with van der Waals surface area (Å²) < 4.78 is 2.04. The van der Waals surface area contributed by atoms with E-state index in [1.54, 1.807) is 6.21 Å². The normalized spacial score (nSPS) is 11.3. The summed E-state index contributed by atoms with van der Waals surface area (Å²) in [6.45, 7) is 0. The molecule has 0 fully saturated rings. The second-order valence-electron chi connectivity index (χ2n) is 7.10. The first kappa shape index (κ1) is 17.9. The van der Waals surface area contributed by atoms with Gasteiger partial charge in [0.05, 0.1) is 11.9 Å². The number of nitrogens with one attached hydrogen (secondary N) is 1. The number of hydrogen-bond acceptors (Lipinski definition) is 2. The number of rotatable bonds is 4. The highest BCUT2D eigenvalue weighted by molar-refractivity contribution is 5.99. The maximum atomic E-state index is 12.5. The first-order chi connectivity index (χ1) is 14.8. The Bertz CT molecular complexity index is 1400. The highest BCUT2D eigenvalue weighted by Crippen LogP contribution is 2.20. The van der Waals surface area contributed by atoms with Crippen LogP contribution in [0.2, 0.25) is 0 Å². The summed E-state index contributed by atoms with van der Waals surface area (Å²) >= 11 is 0. The van der Waals surface area contributed by atoms with Gasteiger partial charge in [0.2, 0.25) is 0 Å². The number of amides is 1. The number of aromatic nitrogens is 1. The highest BCUT2D eigenvalue weighted by Gasteiger charge is 2.06. The summed E-state index contributed by atoms with van der Waals surface area (Å²) in [6, 6.07) is 32.1. The molecule has 1 amide bonds. The topological polar surface area (TPSA) is 46.4 Å². The summed E-state index contributed by atoms with van der Waals surface area (Å²) in [5, 5.41) is 8.68. The maximum absolute atomic E-state index is 12.5. The van der Waals surface area contributed by atoms with Gasteiger partial charge in [-0.25, -0.2) is 5.43 Å². The van der Waals surface area contributed by atoms with Gasteiger partial charge < -0.3 is 4.57 Å². The fourth-order valence-corrected chi connectivity index (χ4v) is 3.61. The van der Waals surface area contributed by atoms with E-state index in [9.17, 15) is 4.79 Å². The third-order valence-electron chi connectivity index (χ3n) is 5.17. The van der Waals surface area contributed by atoms with Gasteiger partial charge in [0.1, 0.15) is 0 Å². The van der Waals surface area contributed by atoms with Crippen LogP contribution in [0, 0.1) is 0 Å². The van der Waals surface area contributed by atoms with Crippen LogP contribution in [0.3, 0.4) is 0 Å². The molecule has 0 radical (unpaired) electrons. The fourth-order valence-electron chi connectivity index (χ4n) is 3.61. The minimum Gasteiger partial charge on any atom is -0.316 e. The Morgan fingerprint density at radius 1 is 0.733 bits per heavy atom. The lowest BCUT2D eigenvalue weighted by Crippen LogP contribution is -2.17.